The lowest BCUT2D eigenvalue weighted by atomic mass is 9.97. The number of alkyl halides is 3. The molecule has 6 nitrogen and oxygen atoms in total. The number of nitrogens with one attached hydrogen (secondary N) is 2. The van der Waals surface area contributed by atoms with Crippen molar-refractivity contribution in [1.29, 1.82) is 0 Å². The fraction of sp³-hybridized carbons (Fsp3) is 0.280. The van der Waals surface area contributed by atoms with E-state index < -0.39 is 35.0 Å². The number of nitrogens with zero attached hydrogens (tertiary/aromatic N) is 2. The van der Waals surface area contributed by atoms with E-state index in [0.717, 1.165) is 12.1 Å². The molecular weight excluding hydrogens is 464 g/mol. The van der Waals surface area contributed by atoms with Crippen LogP contribution in [0.5, 0.6) is 0 Å². The van der Waals surface area contributed by atoms with Gasteiger partial charge in [-0.15, -0.1) is 0 Å². The summed E-state index contributed by atoms with van der Waals surface area (Å²) in [7, 11) is 0. The molecule has 0 radical (unpaired) electrons. The first-order valence-electron chi connectivity index (χ1n) is 11.1. The molecule has 2 aromatic carbocycles. The van der Waals surface area contributed by atoms with Gasteiger partial charge in [0, 0.05) is 36.1 Å². The van der Waals surface area contributed by atoms with Gasteiger partial charge in [0.25, 0.3) is 0 Å². The average Bonchev–Trinajstić information content (AvgIpc) is 3.45. The van der Waals surface area contributed by atoms with E-state index in [9.17, 15) is 27.5 Å². The Morgan fingerprint density at radius 2 is 1.94 bits per heavy atom. The van der Waals surface area contributed by atoms with Gasteiger partial charge in [-0.2, -0.15) is 13.2 Å². The summed E-state index contributed by atoms with van der Waals surface area (Å²) in [6.07, 6.45) is -3.17. The van der Waals surface area contributed by atoms with Gasteiger partial charge in [-0.1, -0.05) is 25.1 Å². The lowest BCUT2D eigenvalue weighted by Crippen LogP contribution is -2.42. The van der Waals surface area contributed by atoms with E-state index in [1.165, 1.54) is 30.5 Å². The summed E-state index contributed by atoms with van der Waals surface area (Å²) in [5.74, 6) is -0.837. The normalized spacial score (nSPS) is 18.9. The number of H-pyrrole nitrogens is 2. The summed E-state index contributed by atoms with van der Waals surface area (Å²) in [5, 5.41) is 10.1. The van der Waals surface area contributed by atoms with E-state index >= 15 is 0 Å². The first-order chi connectivity index (χ1) is 16.6. The summed E-state index contributed by atoms with van der Waals surface area (Å²) < 4.78 is 54.9. The number of halogens is 4. The molecule has 1 fully saturated rings. The highest BCUT2D eigenvalue weighted by atomic mass is 19.4. The average molecular weight is 486 g/mol. The Bertz CT molecular complexity index is 1400. The maximum atomic E-state index is 14.9. The highest BCUT2D eigenvalue weighted by Crippen LogP contribution is 2.34. The Morgan fingerprint density at radius 1 is 1.17 bits per heavy atom. The molecule has 4 aromatic rings. The van der Waals surface area contributed by atoms with Crippen LogP contribution < -0.4 is 4.90 Å². The maximum absolute atomic E-state index is 14.9. The molecule has 0 bridgehead atoms. The topological polar surface area (TPSA) is 85.0 Å². The summed E-state index contributed by atoms with van der Waals surface area (Å²) in [5.41, 5.74) is 0.0208. The van der Waals surface area contributed by atoms with E-state index in [2.05, 4.69) is 15.0 Å². The SMILES string of the molecule is C[C@H]1C[C@@H](O)CN(c2cc(F)c3nc(-c4cc(C(=O)c5ccccc5C(F)(F)F)c[nH]4)[nH]c3c2)C1. The van der Waals surface area contributed by atoms with Crippen molar-refractivity contribution in [2.24, 2.45) is 5.92 Å². The molecule has 10 heteroatoms. The smallest absolute Gasteiger partial charge is 0.391 e. The minimum Gasteiger partial charge on any atom is -0.391 e. The molecule has 35 heavy (non-hydrogen) atoms. The van der Waals surface area contributed by atoms with E-state index in [1.54, 1.807) is 6.07 Å². The van der Waals surface area contributed by atoms with Gasteiger partial charge < -0.3 is 20.0 Å². The van der Waals surface area contributed by atoms with Gasteiger partial charge in [0.2, 0.25) is 0 Å². The molecule has 182 valence electrons. The third kappa shape index (κ3) is 4.41. The predicted octanol–water partition coefficient (Wildman–Crippen LogP) is 5.15. The number of hydrogen-bond donors (Lipinski definition) is 3. The van der Waals surface area contributed by atoms with Gasteiger partial charge in [0.05, 0.1) is 22.9 Å². The molecule has 5 rings (SSSR count). The van der Waals surface area contributed by atoms with Crippen molar-refractivity contribution < 1.29 is 27.5 Å². The number of aliphatic hydroxyl groups is 1. The summed E-state index contributed by atoms with van der Waals surface area (Å²) in [6.45, 7) is 3.11. The van der Waals surface area contributed by atoms with E-state index in [0.29, 0.717) is 36.4 Å². The number of fused-ring (bicyclic) bond motifs is 1. The molecule has 0 saturated carbocycles. The third-order valence-corrected chi connectivity index (χ3v) is 6.21. The number of anilines is 1. The number of piperidine rings is 1. The molecule has 0 unspecified atom stereocenters. The number of benzene rings is 2. The zero-order valence-electron chi connectivity index (χ0n) is 18.7. The van der Waals surface area contributed by atoms with Gasteiger partial charge in [-0.25, -0.2) is 9.37 Å². The van der Waals surface area contributed by atoms with Crippen LogP contribution in [-0.2, 0) is 6.18 Å². The van der Waals surface area contributed by atoms with Gasteiger partial charge in [-0.05, 0) is 36.6 Å². The number of aliphatic hydroxyl groups excluding tert-OH is 1. The number of imidazole rings is 1. The van der Waals surface area contributed by atoms with Crippen molar-refractivity contribution in [3.63, 3.8) is 0 Å². The van der Waals surface area contributed by atoms with Crippen molar-refractivity contribution in [2.75, 3.05) is 18.0 Å². The summed E-state index contributed by atoms with van der Waals surface area (Å²) in [6, 6.07) is 9.09. The lowest BCUT2D eigenvalue weighted by molar-refractivity contribution is -0.137. The number of rotatable bonds is 4. The monoisotopic (exact) mass is 486 g/mol. The van der Waals surface area contributed by atoms with Gasteiger partial charge >= 0.3 is 6.18 Å². The Morgan fingerprint density at radius 3 is 2.69 bits per heavy atom. The highest BCUT2D eigenvalue weighted by molar-refractivity contribution is 6.10. The van der Waals surface area contributed by atoms with Crippen molar-refractivity contribution >= 4 is 22.5 Å². The molecule has 0 spiro atoms. The number of carbonyl (C=O) groups excluding carboxylic acids is 1. The van der Waals surface area contributed by atoms with E-state index in [1.807, 2.05) is 11.8 Å². The quantitative estimate of drug-likeness (QED) is 0.275. The van der Waals surface area contributed by atoms with Crippen LogP contribution in [0.15, 0.2) is 48.7 Å². The molecule has 3 N–H and O–H groups in total. The van der Waals surface area contributed by atoms with Crippen LogP contribution >= 0.6 is 0 Å². The van der Waals surface area contributed by atoms with Crippen LogP contribution in [0, 0.1) is 11.7 Å². The lowest BCUT2D eigenvalue weighted by Gasteiger charge is -2.35. The Hall–Kier alpha value is -3.66. The van der Waals surface area contributed by atoms with Crippen LogP contribution in [0.3, 0.4) is 0 Å². The summed E-state index contributed by atoms with van der Waals surface area (Å²) in [4.78, 5) is 24.9. The van der Waals surface area contributed by atoms with E-state index in [-0.39, 0.29) is 22.8 Å². The second-order valence-corrected chi connectivity index (χ2v) is 8.98. The van der Waals surface area contributed by atoms with Crippen LogP contribution in [0.1, 0.15) is 34.8 Å². The standard InChI is InChI=1S/C25H22F4N4O2/c1-13-6-16(34)12-33(11-13)15-8-19(26)22-20(9-15)31-24(32-22)21-7-14(10-30-21)23(35)17-4-2-3-5-18(17)25(27,28)29/h2-5,7-10,13,16,30,34H,6,11-12H2,1H3,(H,31,32)/t13-,16+/m0/s1. The Balaban J connectivity index is 1.46. The molecule has 2 aromatic heterocycles. The Kier molecular flexibility index (Phi) is 5.63. The summed E-state index contributed by atoms with van der Waals surface area (Å²) >= 11 is 0. The molecule has 0 amide bonds. The molecule has 3 heterocycles. The van der Waals surface area contributed by atoms with Crippen LogP contribution in [-0.4, -0.2) is 45.0 Å². The number of carbonyl (C=O) groups is 1. The number of β-amino-alcohol motifs (C(OH)–C–C–N with tert-alkyl or cyclic N) is 1. The highest BCUT2D eigenvalue weighted by Gasteiger charge is 2.35. The first-order valence-corrected chi connectivity index (χ1v) is 11.1. The molecule has 1 saturated heterocycles. The van der Waals surface area contributed by atoms with Crippen molar-refractivity contribution in [3.8, 4) is 11.5 Å². The maximum Gasteiger partial charge on any atom is 0.417 e. The van der Waals surface area contributed by atoms with Crippen LogP contribution in [0.2, 0.25) is 0 Å². The number of ketones is 1. The van der Waals surface area contributed by atoms with Gasteiger partial charge in [0.15, 0.2) is 17.4 Å². The van der Waals surface area contributed by atoms with Crippen molar-refractivity contribution in [1.82, 2.24) is 15.0 Å². The molecule has 2 atom stereocenters. The Labute approximate surface area is 197 Å². The number of hydrogen-bond acceptors (Lipinski definition) is 4. The second kappa shape index (κ2) is 8.53. The number of aromatic nitrogens is 3. The predicted molar refractivity (Wildman–Crippen MR) is 123 cm³/mol. The minimum absolute atomic E-state index is 0.0228. The van der Waals surface area contributed by atoms with Crippen molar-refractivity contribution in [2.45, 2.75) is 25.6 Å². The molecule has 0 aliphatic carbocycles. The van der Waals surface area contributed by atoms with Gasteiger partial charge in [0.1, 0.15) is 5.52 Å². The van der Waals surface area contributed by atoms with Gasteiger partial charge in [-0.3, -0.25) is 4.79 Å². The van der Waals surface area contributed by atoms with Crippen LogP contribution in [0.25, 0.3) is 22.6 Å². The zero-order chi connectivity index (χ0) is 24.9. The zero-order valence-corrected chi connectivity index (χ0v) is 18.7. The van der Waals surface area contributed by atoms with Crippen LogP contribution in [0.4, 0.5) is 23.2 Å². The largest absolute Gasteiger partial charge is 0.417 e. The van der Waals surface area contributed by atoms with E-state index in [4.69, 9.17) is 0 Å². The number of aromatic amines is 2. The first kappa shape index (κ1) is 23.1. The fourth-order valence-corrected chi connectivity index (χ4v) is 4.65. The third-order valence-electron chi connectivity index (χ3n) is 6.21. The molecule has 1 aliphatic heterocycles. The molecular formula is C25H22F4N4O2. The fourth-order valence-electron chi connectivity index (χ4n) is 4.65. The van der Waals surface area contributed by atoms with Crippen molar-refractivity contribution in [3.05, 3.63) is 71.2 Å². The molecule has 1 aliphatic rings. The second-order valence-electron chi connectivity index (χ2n) is 8.98. The minimum atomic E-state index is -4.67.